The Balaban J connectivity index is 1.95. The van der Waals surface area contributed by atoms with E-state index in [4.69, 9.17) is 4.74 Å². The molecule has 3 N–H and O–H groups in total. The second-order valence-corrected chi connectivity index (χ2v) is 8.69. The third-order valence-corrected chi connectivity index (χ3v) is 6.02. The summed E-state index contributed by atoms with van der Waals surface area (Å²) in [6, 6.07) is 17.1. The molecule has 0 heterocycles. The van der Waals surface area contributed by atoms with E-state index in [9.17, 15) is 8.42 Å². The van der Waals surface area contributed by atoms with Crippen molar-refractivity contribution in [3.63, 3.8) is 0 Å². The first-order valence-corrected chi connectivity index (χ1v) is 11.6. The maximum absolute atomic E-state index is 12.2. The minimum atomic E-state index is -3.52. The van der Waals surface area contributed by atoms with Crippen molar-refractivity contribution < 1.29 is 13.2 Å². The van der Waals surface area contributed by atoms with E-state index in [-0.39, 0.29) is 11.4 Å². The third kappa shape index (κ3) is 7.78. The number of nitrogens with one attached hydrogen (secondary N) is 3. The molecule has 30 heavy (non-hydrogen) atoms. The lowest BCUT2D eigenvalue weighted by molar-refractivity contribution is 0.204. The Morgan fingerprint density at radius 1 is 1.07 bits per heavy atom. The van der Waals surface area contributed by atoms with Crippen LogP contribution in [0.3, 0.4) is 0 Å². The topological polar surface area (TPSA) is 91.8 Å². The van der Waals surface area contributed by atoms with E-state index >= 15 is 0 Å². The average molecular weight is 433 g/mol. The van der Waals surface area contributed by atoms with Gasteiger partial charge in [-0.25, -0.2) is 18.1 Å². The van der Waals surface area contributed by atoms with Crippen molar-refractivity contribution in [1.82, 2.24) is 15.4 Å². The zero-order valence-electron chi connectivity index (χ0n) is 17.9. The lowest BCUT2D eigenvalue weighted by atomic mass is 10.0. The van der Waals surface area contributed by atoms with E-state index in [1.165, 1.54) is 12.7 Å². The summed E-state index contributed by atoms with van der Waals surface area (Å²) in [4.78, 5) is 4.84. The van der Waals surface area contributed by atoms with Gasteiger partial charge in [0, 0.05) is 26.7 Å². The summed E-state index contributed by atoms with van der Waals surface area (Å²) in [6.07, 6.45) is 0. The van der Waals surface area contributed by atoms with Gasteiger partial charge in [-0.2, -0.15) is 0 Å². The average Bonchev–Trinajstić information content (AvgIpc) is 2.76. The Hall–Kier alpha value is -2.42. The first kappa shape index (κ1) is 23.9. The van der Waals surface area contributed by atoms with Crippen LogP contribution in [0.2, 0.25) is 0 Å². The Bertz CT molecular complexity index is 884. The number of aliphatic imine (C=N–C) groups is 1. The first-order chi connectivity index (χ1) is 14.5. The van der Waals surface area contributed by atoms with Crippen LogP contribution in [-0.2, 0) is 21.3 Å². The molecule has 7 nitrogen and oxygen atoms in total. The molecule has 0 amide bonds. The van der Waals surface area contributed by atoms with Gasteiger partial charge in [-0.15, -0.1) is 0 Å². The van der Waals surface area contributed by atoms with E-state index in [2.05, 4.69) is 39.4 Å². The monoisotopic (exact) mass is 432 g/mol. The second-order valence-electron chi connectivity index (χ2n) is 6.92. The molecule has 0 aromatic heterocycles. The molecule has 0 saturated heterocycles. The Labute approximate surface area is 180 Å². The van der Waals surface area contributed by atoms with E-state index in [0.717, 1.165) is 24.6 Å². The van der Waals surface area contributed by atoms with Crippen molar-refractivity contribution in [2.24, 2.45) is 4.99 Å². The van der Waals surface area contributed by atoms with Crippen molar-refractivity contribution in [2.45, 2.75) is 31.2 Å². The summed E-state index contributed by atoms with van der Waals surface area (Å²) in [6.45, 7) is 6.74. The summed E-state index contributed by atoms with van der Waals surface area (Å²) in [5.74, 6) is 1.09. The van der Waals surface area contributed by atoms with Crippen LogP contribution in [0.1, 0.15) is 30.9 Å². The highest BCUT2D eigenvalue weighted by Gasteiger charge is 2.13. The minimum Gasteiger partial charge on any atom is -0.383 e. The highest BCUT2D eigenvalue weighted by atomic mass is 32.2. The molecule has 2 rings (SSSR count). The van der Waals surface area contributed by atoms with Gasteiger partial charge in [0.25, 0.3) is 0 Å². The highest BCUT2D eigenvalue weighted by Crippen LogP contribution is 2.13. The highest BCUT2D eigenvalue weighted by molar-refractivity contribution is 7.89. The van der Waals surface area contributed by atoms with Gasteiger partial charge in [0.05, 0.1) is 18.0 Å². The number of hydrogen-bond donors (Lipinski definition) is 3. The van der Waals surface area contributed by atoms with Crippen molar-refractivity contribution in [3.8, 4) is 0 Å². The molecule has 0 spiro atoms. The molecule has 2 aromatic rings. The summed E-state index contributed by atoms with van der Waals surface area (Å²) < 4.78 is 31.8. The molecule has 8 heteroatoms. The number of methoxy groups -OCH3 is 1. The molecule has 0 aliphatic carbocycles. The van der Waals surface area contributed by atoms with Crippen LogP contribution in [0, 0.1) is 0 Å². The normalized spacial score (nSPS) is 13.1. The summed E-state index contributed by atoms with van der Waals surface area (Å²) in [5, 5.41) is 6.62. The van der Waals surface area contributed by atoms with Crippen LogP contribution in [0.4, 0.5) is 0 Å². The number of hydrogen-bond acceptors (Lipinski definition) is 4. The van der Waals surface area contributed by atoms with Crippen LogP contribution in [0.5, 0.6) is 0 Å². The minimum absolute atomic E-state index is 0.230. The fourth-order valence-electron chi connectivity index (χ4n) is 2.80. The van der Waals surface area contributed by atoms with Gasteiger partial charge in [-0.1, -0.05) is 49.4 Å². The Morgan fingerprint density at radius 2 is 1.77 bits per heavy atom. The maximum atomic E-state index is 12.2. The number of guanidine groups is 1. The zero-order chi connectivity index (χ0) is 21.8. The lowest BCUT2D eigenvalue weighted by Gasteiger charge is -2.16. The van der Waals surface area contributed by atoms with Crippen molar-refractivity contribution >= 4 is 16.0 Å². The predicted molar refractivity (Wildman–Crippen MR) is 121 cm³/mol. The van der Waals surface area contributed by atoms with E-state index in [1.54, 1.807) is 24.3 Å². The molecular weight excluding hydrogens is 400 g/mol. The number of ether oxygens (including phenoxy) is 1. The van der Waals surface area contributed by atoms with Crippen LogP contribution in [0.15, 0.2) is 64.5 Å². The first-order valence-electron chi connectivity index (χ1n) is 10.1. The third-order valence-electron chi connectivity index (χ3n) is 4.54. The van der Waals surface area contributed by atoms with Crippen LogP contribution in [-0.4, -0.2) is 47.7 Å². The zero-order valence-corrected chi connectivity index (χ0v) is 18.7. The Morgan fingerprint density at radius 3 is 2.40 bits per heavy atom. The molecule has 0 aliphatic rings. The van der Waals surface area contributed by atoms with Crippen molar-refractivity contribution in [2.75, 3.05) is 33.4 Å². The number of benzene rings is 2. The van der Waals surface area contributed by atoms with E-state index < -0.39 is 10.0 Å². The number of sulfonamides is 1. The molecule has 1 atom stereocenters. The molecule has 2 aromatic carbocycles. The fraction of sp³-hybridized carbons (Fsp3) is 0.409. The van der Waals surface area contributed by atoms with Crippen LogP contribution < -0.4 is 15.4 Å². The second kappa shape index (κ2) is 12.3. The molecular formula is C22H32N4O3S. The maximum Gasteiger partial charge on any atom is 0.240 e. The molecule has 0 fully saturated rings. The van der Waals surface area contributed by atoms with E-state index in [1.807, 2.05) is 25.1 Å². The van der Waals surface area contributed by atoms with Gasteiger partial charge >= 0.3 is 0 Å². The summed E-state index contributed by atoms with van der Waals surface area (Å²) >= 11 is 0. The quantitative estimate of drug-likeness (QED) is 0.288. The molecule has 0 bridgehead atoms. The van der Waals surface area contributed by atoms with Gasteiger partial charge in [-0.05, 0) is 36.1 Å². The molecule has 0 radical (unpaired) electrons. The van der Waals surface area contributed by atoms with Gasteiger partial charge in [0.2, 0.25) is 10.0 Å². The summed E-state index contributed by atoms with van der Waals surface area (Å²) in [5.41, 5.74) is 2.20. The molecule has 0 saturated carbocycles. The van der Waals surface area contributed by atoms with Crippen molar-refractivity contribution in [3.05, 3.63) is 65.7 Å². The standard InChI is InChI=1S/C22H32N4O3S/c1-4-23-22(24-16-18(2)20-8-6-5-7-9-20)25-17-19-10-12-21(13-11-19)30(27,28)26-14-15-29-3/h5-13,18,26H,4,14-17H2,1-3H3,(H2,23,24,25). The molecule has 1 unspecified atom stereocenters. The smallest absolute Gasteiger partial charge is 0.240 e. The van der Waals surface area contributed by atoms with Gasteiger partial charge in [-0.3, -0.25) is 0 Å². The molecule has 164 valence electrons. The number of rotatable bonds is 11. The van der Waals surface area contributed by atoms with Gasteiger partial charge in [0.1, 0.15) is 0 Å². The lowest BCUT2D eigenvalue weighted by Crippen LogP contribution is -2.39. The fourth-order valence-corrected chi connectivity index (χ4v) is 3.81. The molecule has 0 aliphatic heterocycles. The van der Waals surface area contributed by atoms with E-state index in [0.29, 0.717) is 19.1 Å². The van der Waals surface area contributed by atoms with Crippen LogP contribution in [0.25, 0.3) is 0 Å². The predicted octanol–water partition coefficient (Wildman–Crippen LogP) is 2.47. The van der Waals surface area contributed by atoms with Crippen molar-refractivity contribution in [1.29, 1.82) is 0 Å². The van der Waals surface area contributed by atoms with Gasteiger partial charge < -0.3 is 15.4 Å². The number of nitrogens with zero attached hydrogens (tertiary/aromatic N) is 1. The summed E-state index contributed by atoms with van der Waals surface area (Å²) in [7, 11) is -1.99. The SMILES string of the molecule is CCNC(=NCc1ccc(S(=O)(=O)NCCOC)cc1)NCC(C)c1ccccc1. The van der Waals surface area contributed by atoms with Gasteiger partial charge in [0.15, 0.2) is 5.96 Å². The largest absolute Gasteiger partial charge is 0.383 e. The Kier molecular flexibility index (Phi) is 9.79. The van der Waals surface area contributed by atoms with Crippen LogP contribution >= 0.6 is 0 Å².